The van der Waals surface area contributed by atoms with E-state index in [1.165, 1.54) is 17.8 Å². The van der Waals surface area contributed by atoms with Crippen LogP contribution >= 0.6 is 11.3 Å². The van der Waals surface area contributed by atoms with Gasteiger partial charge in [0.25, 0.3) is 5.91 Å². The molecule has 0 unspecified atom stereocenters. The summed E-state index contributed by atoms with van der Waals surface area (Å²) in [5.41, 5.74) is 1.60. The molecule has 3 heterocycles. The molecule has 3 aromatic heterocycles. The predicted octanol–water partition coefficient (Wildman–Crippen LogP) is 5.72. The van der Waals surface area contributed by atoms with E-state index in [0.29, 0.717) is 10.6 Å². The summed E-state index contributed by atoms with van der Waals surface area (Å²) in [6.07, 6.45) is 8.70. The summed E-state index contributed by atoms with van der Waals surface area (Å²) in [6.45, 7) is 0.192. The van der Waals surface area contributed by atoms with Crippen LogP contribution in [-0.4, -0.2) is 27.7 Å². The minimum atomic E-state index is -0.800. The van der Waals surface area contributed by atoms with E-state index in [9.17, 15) is 9.59 Å². The predicted molar refractivity (Wildman–Crippen MR) is 132 cm³/mol. The van der Waals surface area contributed by atoms with Crippen molar-refractivity contribution in [3.05, 3.63) is 88.6 Å². The van der Waals surface area contributed by atoms with Crippen molar-refractivity contribution < 1.29 is 14.0 Å². The van der Waals surface area contributed by atoms with Gasteiger partial charge in [-0.05, 0) is 60.2 Å². The summed E-state index contributed by atoms with van der Waals surface area (Å²) in [6, 6.07) is 16.2. The van der Waals surface area contributed by atoms with Gasteiger partial charge in [-0.1, -0.05) is 37.5 Å². The Morgan fingerprint density at radius 2 is 1.97 bits per heavy atom. The number of thiophene rings is 1. The number of pyridine rings is 1. The van der Waals surface area contributed by atoms with Gasteiger partial charge in [-0.2, -0.15) is 0 Å². The molecule has 0 aliphatic heterocycles. The Labute approximate surface area is 202 Å². The van der Waals surface area contributed by atoms with Crippen molar-refractivity contribution in [2.75, 3.05) is 0 Å². The van der Waals surface area contributed by atoms with Gasteiger partial charge in [0.15, 0.2) is 0 Å². The molecule has 0 saturated heterocycles. The molecule has 34 heavy (non-hydrogen) atoms. The number of aromatic nitrogens is 1. The summed E-state index contributed by atoms with van der Waals surface area (Å²) in [7, 11) is 0. The maximum Gasteiger partial charge on any atom is 0.265 e. The minimum absolute atomic E-state index is 0.133. The average molecular weight is 474 g/mol. The van der Waals surface area contributed by atoms with E-state index in [0.717, 1.165) is 42.1 Å². The van der Waals surface area contributed by atoms with Crippen LogP contribution < -0.4 is 5.32 Å². The van der Waals surface area contributed by atoms with Crippen molar-refractivity contribution in [3.63, 3.8) is 0 Å². The molecule has 6 nitrogen and oxygen atoms in total. The van der Waals surface area contributed by atoms with Crippen LogP contribution in [0.3, 0.4) is 0 Å². The van der Waals surface area contributed by atoms with E-state index in [-0.39, 0.29) is 24.4 Å². The normalized spacial score (nSPS) is 15.2. The number of amides is 2. The highest BCUT2D eigenvalue weighted by atomic mass is 32.1. The second kappa shape index (κ2) is 10.2. The SMILES string of the molecule is O=C(NC1CCCCC1)[C@@H](c1ccc2ncccc2c1)N(Cc1ccco1)C(=O)c1cccs1. The number of nitrogens with one attached hydrogen (secondary N) is 1. The quantitative estimate of drug-likeness (QED) is 0.372. The molecule has 0 spiro atoms. The molecule has 2 amide bonds. The van der Waals surface area contributed by atoms with Crippen molar-refractivity contribution in [2.45, 2.75) is 50.7 Å². The van der Waals surface area contributed by atoms with Crippen molar-refractivity contribution in [1.82, 2.24) is 15.2 Å². The lowest BCUT2D eigenvalue weighted by atomic mass is 9.94. The Kier molecular flexibility index (Phi) is 6.72. The van der Waals surface area contributed by atoms with Crippen LogP contribution in [0.1, 0.15) is 59.1 Å². The van der Waals surface area contributed by atoms with Crippen LogP contribution in [0, 0.1) is 0 Å². The zero-order valence-electron chi connectivity index (χ0n) is 18.9. The second-order valence-electron chi connectivity index (χ2n) is 8.69. The van der Waals surface area contributed by atoms with Crippen LogP contribution in [0.4, 0.5) is 0 Å². The highest BCUT2D eigenvalue weighted by Gasteiger charge is 2.34. The van der Waals surface area contributed by atoms with Gasteiger partial charge >= 0.3 is 0 Å². The standard InChI is InChI=1S/C27H27N3O3S/c31-26(29-21-8-2-1-3-9-21)25(20-12-13-23-19(17-20)7-4-14-28-23)30(18-22-10-5-15-33-22)27(32)24-11-6-16-34-24/h4-7,10-17,21,25H,1-3,8-9,18H2,(H,29,31)/t25-/m1/s1. The van der Waals surface area contributed by atoms with Crippen LogP contribution in [0.15, 0.2) is 76.9 Å². The van der Waals surface area contributed by atoms with Crippen molar-refractivity contribution >= 4 is 34.1 Å². The van der Waals surface area contributed by atoms with Gasteiger partial charge < -0.3 is 14.6 Å². The van der Waals surface area contributed by atoms with E-state index in [4.69, 9.17) is 4.42 Å². The molecule has 1 aromatic carbocycles. The average Bonchev–Trinajstić information content (AvgIpc) is 3.58. The molecule has 0 radical (unpaired) electrons. The van der Waals surface area contributed by atoms with Crippen LogP contribution in [0.2, 0.25) is 0 Å². The van der Waals surface area contributed by atoms with E-state index in [1.54, 1.807) is 29.5 Å². The second-order valence-corrected chi connectivity index (χ2v) is 9.64. The Morgan fingerprint density at radius 1 is 1.09 bits per heavy atom. The number of furan rings is 1. The Balaban J connectivity index is 1.56. The number of carbonyl (C=O) groups is 2. The van der Waals surface area contributed by atoms with Crippen LogP contribution in [0.25, 0.3) is 10.9 Å². The summed E-state index contributed by atoms with van der Waals surface area (Å²) in [4.78, 5) is 34.2. The fraction of sp³-hybridized carbons (Fsp3) is 0.296. The fourth-order valence-electron chi connectivity index (χ4n) is 4.66. The molecular weight excluding hydrogens is 446 g/mol. The molecule has 0 bridgehead atoms. The topological polar surface area (TPSA) is 75.4 Å². The van der Waals surface area contributed by atoms with E-state index < -0.39 is 6.04 Å². The third kappa shape index (κ3) is 4.89. The lowest BCUT2D eigenvalue weighted by Gasteiger charge is -2.33. The summed E-state index contributed by atoms with van der Waals surface area (Å²) >= 11 is 1.37. The number of fused-ring (bicyclic) bond motifs is 1. The highest BCUT2D eigenvalue weighted by molar-refractivity contribution is 7.12. The third-order valence-electron chi connectivity index (χ3n) is 6.35. The zero-order chi connectivity index (χ0) is 23.3. The van der Waals surface area contributed by atoms with E-state index >= 15 is 0 Å². The highest BCUT2D eigenvalue weighted by Crippen LogP contribution is 2.30. The van der Waals surface area contributed by atoms with Gasteiger partial charge in [-0.15, -0.1) is 11.3 Å². The summed E-state index contributed by atoms with van der Waals surface area (Å²) in [5, 5.41) is 6.05. The summed E-state index contributed by atoms with van der Waals surface area (Å²) < 4.78 is 5.59. The lowest BCUT2D eigenvalue weighted by molar-refractivity contribution is -0.127. The van der Waals surface area contributed by atoms with Gasteiger partial charge in [0, 0.05) is 17.6 Å². The first kappa shape index (κ1) is 22.3. The molecule has 1 aliphatic carbocycles. The van der Waals surface area contributed by atoms with Gasteiger partial charge in [0.1, 0.15) is 11.8 Å². The van der Waals surface area contributed by atoms with Gasteiger partial charge in [0.05, 0.1) is 23.2 Å². The van der Waals surface area contributed by atoms with Crippen molar-refractivity contribution in [1.29, 1.82) is 0 Å². The first-order chi connectivity index (χ1) is 16.7. The molecule has 1 fully saturated rings. The van der Waals surface area contributed by atoms with E-state index in [2.05, 4.69) is 10.3 Å². The molecule has 1 N–H and O–H groups in total. The smallest absolute Gasteiger partial charge is 0.265 e. The lowest BCUT2D eigenvalue weighted by Crippen LogP contribution is -2.46. The maximum absolute atomic E-state index is 13.8. The first-order valence-corrected chi connectivity index (χ1v) is 12.6. The fourth-order valence-corrected chi connectivity index (χ4v) is 5.34. The molecule has 4 aromatic rings. The number of benzene rings is 1. The monoisotopic (exact) mass is 473 g/mol. The molecule has 174 valence electrons. The minimum Gasteiger partial charge on any atom is -0.467 e. The Hall–Kier alpha value is -3.45. The maximum atomic E-state index is 13.8. The molecule has 7 heteroatoms. The number of nitrogens with zero attached hydrogens (tertiary/aromatic N) is 2. The molecule has 5 rings (SSSR count). The Morgan fingerprint density at radius 3 is 2.74 bits per heavy atom. The summed E-state index contributed by atoms with van der Waals surface area (Å²) in [5.74, 6) is 0.274. The van der Waals surface area contributed by atoms with Crippen LogP contribution in [0.5, 0.6) is 0 Å². The van der Waals surface area contributed by atoms with Crippen LogP contribution in [-0.2, 0) is 11.3 Å². The zero-order valence-corrected chi connectivity index (χ0v) is 19.7. The number of rotatable bonds is 7. The van der Waals surface area contributed by atoms with Gasteiger partial charge in [-0.3, -0.25) is 14.6 Å². The third-order valence-corrected chi connectivity index (χ3v) is 7.21. The number of hydrogen-bond acceptors (Lipinski definition) is 5. The number of carbonyl (C=O) groups excluding carboxylic acids is 2. The molecule has 1 saturated carbocycles. The van der Waals surface area contributed by atoms with E-state index in [1.807, 2.05) is 47.8 Å². The largest absolute Gasteiger partial charge is 0.467 e. The first-order valence-electron chi connectivity index (χ1n) is 11.7. The van der Waals surface area contributed by atoms with Gasteiger partial charge in [0.2, 0.25) is 5.91 Å². The van der Waals surface area contributed by atoms with Gasteiger partial charge in [-0.25, -0.2) is 0 Å². The number of hydrogen-bond donors (Lipinski definition) is 1. The molecule has 1 aliphatic rings. The molecular formula is C27H27N3O3S. The Bertz CT molecular complexity index is 1250. The molecule has 1 atom stereocenters. The van der Waals surface area contributed by atoms with Crippen molar-refractivity contribution in [3.8, 4) is 0 Å². The van der Waals surface area contributed by atoms with Crippen molar-refractivity contribution in [2.24, 2.45) is 0 Å².